The fourth-order valence-corrected chi connectivity index (χ4v) is 4.24. The molecule has 156 valence electrons. The van der Waals surface area contributed by atoms with E-state index >= 15 is 0 Å². The van der Waals surface area contributed by atoms with Gasteiger partial charge in [0, 0.05) is 12.1 Å². The Bertz CT molecular complexity index is 836. The molecule has 0 aliphatic carbocycles. The van der Waals surface area contributed by atoms with Crippen LogP contribution < -0.4 is 14.8 Å². The van der Waals surface area contributed by atoms with Gasteiger partial charge in [0.15, 0.2) is 11.5 Å². The molecule has 1 N–H and O–H groups in total. The zero-order valence-electron chi connectivity index (χ0n) is 18.1. The number of ether oxygens (including phenoxy) is 2. The minimum Gasteiger partial charge on any atom is -0.493 e. The number of nitrogens with one attached hydrogen (secondary N) is 1. The molecular weight excluding hydrogens is 364 g/mol. The first-order valence-corrected chi connectivity index (χ1v) is 10.3. The average Bonchev–Trinajstić information content (AvgIpc) is 2.75. The summed E-state index contributed by atoms with van der Waals surface area (Å²) in [6.07, 6.45) is 0.956. The highest BCUT2D eigenvalue weighted by Crippen LogP contribution is 2.40. The van der Waals surface area contributed by atoms with Gasteiger partial charge in [-0.15, -0.1) is 0 Å². The summed E-state index contributed by atoms with van der Waals surface area (Å²) in [5.41, 5.74) is 3.16. The summed E-state index contributed by atoms with van der Waals surface area (Å²) in [4.78, 5) is 15.4. The number of hydrogen-bond acceptors (Lipinski definition) is 4. The molecule has 0 unspecified atom stereocenters. The number of amides is 1. The predicted octanol–water partition coefficient (Wildman–Crippen LogP) is 4.08. The molecule has 29 heavy (non-hydrogen) atoms. The standard InChI is InChI=1S/C24H32N2O3/c1-6-26-13-12-18-14-20(28-4)21(29-5)15-19(18)23(26)22(16(2)3)25-24(27)17-10-8-7-9-11-17/h7-11,14-16,22-23H,6,12-13H2,1-5H3,(H,25,27)/t22-,23-/m0/s1. The van der Waals surface area contributed by atoms with Gasteiger partial charge in [-0.25, -0.2) is 0 Å². The molecule has 1 heterocycles. The molecule has 0 radical (unpaired) electrons. The van der Waals surface area contributed by atoms with E-state index in [0.717, 1.165) is 31.0 Å². The van der Waals surface area contributed by atoms with Crippen molar-refractivity contribution < 1.29 is 14.3 Å². The normalized spacial score (nSPS) is 17.5. The van der Waals surface area contributed by atoms with Gasteiger partial charge >= 0.3 is 0 Å². The lowest BCUT2D eigenvalue weighted by Crippen LogP contribution is -2.51. The van der Waals surface area contributed by atoms with Crippen LogP contribution in [0.4, 0.5) is 0 Å². The first-order valence-electron chi connectivity index (χ1n) is 10.3. The van der Waals surface area contributed by atoms with Crippen molar-refractivity contribution in [2.45, 2.75) is 39.3 Å². The summed E-state index contributed by atoms with van der Waals surface area (Å²) < 4.78 is 11.1. The minimum absolute atomic E-state index is 0.0280. The second kappa shape index (κ2) is 9.31. The topological polar surface area (TPSA) is 50.8 Å². The number of nitrogens with zero attached hydrogens (tertiary/aromatic N) is 1. The Labute approximate surface area is 174 Å². The zero-order valence-corrected chi connectivity index (χ0v) is 18.1. The van der Waals surface area contributed by atoms with Crippen LogP contribution >= 0.6 is 0 Å². The number of carbonyl (C=O) groups excluding carboxylic acids is 1. The fourth-order valence-electron chi connectivity index (χ4n) is 4.24. The lowest BCUT2D eigenvalue weighted by molar-refractivity contribution is 0.0834. The van der Waals surface area contributed by atoms with Gasteiger partial charge in [-0.3, -0.25) is 9.69 Å². The van der Waals surface area contributed by atoms with Crippen LogP contribution in [0.3, 0.4) is 0 Å². The van der Waals surface area contributed by atoms with E-state index in [9.17, 15) is 4.79 Å². The second-order valence-electron chi connectivity index (χ2n) is 7.84. The van der Waals surface area contributed by atoms with E-state index in [1.807, 2.05) is 30.3 Å². The highest BCUT2D eigenvalue weighted by Gasteiger charge is 2.36. The van der Waals surface area contributed by atoms with E-state index < -0.39 is 0 Å². The molecule has 1 aliphatic heterocycles. The molecule has 1 aliphatic rings. The molecular formula is C24H32N2O3. The summed E-state index contributed by atoms with van der Waals surface area (Å²) >= 11 is 0. The maximum Gasteiger partial charge on any atom is 0.251 e. The van der Waals surface area contributed by atoms with Crippen molar-refractivity contribution in [1.82, 2.24) is 10.2 Å². The van der Waals surface area contributed by atoms with Crippen molar-refractivity contribution in [2.75, 3.05) is 27.3 Å². The van der Waals surface area contributed by atoms with E-state index in [-0.39, 0.29) is 23.9 Å². The second-order valence-corrected chi connectivity index (χ2v) is 7.84. The Kier molecular flexibility index (Phi) is 6.80. The van der Waals surface area contributed by atoms with Gasteiger partial charge in [-0.05, 0) is 54.3 Å². The largest absolute Gasteiger partial charge is 0.493 e. The zero-order chi connectivity index (χ0) is 21.0. The molecule has 1 amide bonds. The van der Waals surface area contributed by atoms with Crippen LogP contribution in [0.15, 0.2) is 42.5 Å². The Hall–Kier alpha value is -2.53. The third kappa shape index (κ3) is 4.40. The van der Waals surface area contributed by atoms with Crippen LogP contribution in [-0.2, 0) is 6.42 Å². The SMILES string of the molecule is CCN1CCc2cc(OC)c(OC)cc2[C@H]1[C@@H](NC(=O)c1ccccc1)C(C)C. The molecule has 0 fully saturated rings. The van der Waals surface area contributed by atoms with Gasteiger partial charge in [0.25, 0.3) is 5.91 Å². The maximum absolute atomic E-state index is 13.0. The molecule has 0 aromatic heterocycles. The predicted molar refractivity (Wildman–Crippen MR) is 116 cm³/mol. The highest BCUT2D eigenvalue weighted by molar-refractivity contribution is 5.94. The minimum atomic E-state index is -0.0343. The molecule has 0 bridgehead atoms. The molecule has 0 saturated carbocycles. The Morgan fingerprint density at radius 1 is 1.14 bits per heavy atom. The van der Waals surface area contributed by atoms with Crippen LogP contribution in [0.5, 0.6) is 11.5 Å². The van der Waals surface area contributed by atoms with Crippen molar-refractivity contribution >= 4 is 5.91 Å². The lowest BCUT2D eigenvalue weighted by atomic mass is 9.83. The maximum atomic E-state index is 13.0. The Balaban J connectivity index is 2.01. The van der Waals surface area contributed by atoms with E-state index in [2.05, 4.69) is 43.1 Å². The average molecular weight is 397 g/mol. The number of rotatable bonds is 7. The number of fused-ring (bicyclic) bond motifs is 1. The van der Waals surface area contributed by atoms with Gasteiger partial charge in [-0.1, -0.05) is 39.0 Å². The van der Waals surface area contributed by atoms with Crippen LogP contribution in [0.2, 0.25) is 0 Å². The molecule has 2 aromatic rings. The smallest absolute Gasteiger partial charge is 0.251 e. The molecule has 0 saturated heterocycles. The summed E-state index contributed by atoms with van der Waals surface area (Å²) in [7, 11) is 3.33. The molecule has 5 heteroatoms. The summed E-state index contributed by atoms with van der Waals surface area (Å²) in [5, 5.41) is 3.32. The number of carbonyl (C=O) groups is 1. The first-order chi connectivity index (χ1) is 14.0. The molecule has 3 rings (SSSR count). The molecule has 5 nitrogen and oxygen atoms in total. The summed E-state index contributed by atoms with van der Waals surface area (Å²) in [6, 6.07) is 13.6. The number of hydrogen-bond donors (Lipinski definition) is 1. The molecule has 2 atom stereocenters. The van der Waals surface area contributed by atoms with E-state index in [0.29, 0.717) is 5.56 Å². The van der Waals surface area contributed by atoms with Crippen molar-refractivity contribution in [3.8, 4) is 11.5 Å². The van der Waals surface area contributed by atoms with Crippen LogP contribution in [0.1, 0.15) is 48.3 Å². The van der Waals surface area contributed by atoms with Crippen LogP contribution in [-0.4, -0.2) is 44.2 Å². The van der Waals surface area contributed by atoms with Crippen molar-refractivity contribution in [3.63, 3.8) is 0 Å². The quantitative estimate of drug-likeness (QED) is 0.766. The Morgan fingerprint density at radius 3 is 2.38 bits per heavy atom. The highest BCUT2D eigenvalue weighted by atomic mass is 16.5. The lowest BCUT2D eigenvalue weighted by Gasteiger charge is -2.43. The van der Waals surface area contributed by atoms with Crippen molar-refractivity contribution in [3.05, 3.63) is 59.2 Å². The van der Waals surface area contributed by atoms with Gasteiger partial charge in [-0.2, -0.15) is 0 Å². The third-order valence-electron chi connectivity index (χ3n) is 5.82. The first kappa shape index (κ1) is 21.2. The molecule has 2 aromatic carbocycles. The number of benzene rings is 2. The molecule has 0 spiro atoms. The summed E-state index contributed by atoms with van der Waals surface area (Å²) in [5.74, 6) is 1.71. The Morgan fingerprint density at radius 2 is 1.79 bits per heavy atom. The van der Waals surface area contributed by atoms with Gasteiger partial charge in [0.05, 0.1) is 26.3 Å². The van der Waals surface area contributed by atoms with Gasteiger partial charge in [0.1, 0.15) is 0 Å². The van der Waals surface area contributed by atoms with E-state index in [1.165, 1.54) is 11.1 Å². The number of likely N-dealkylation sites (N-methyl/N-ethyl adjacent to an activating group) is 1. The number of methoxy groups -OCH3 is 2. The van der Waals surface area contributed by atoms with Crippen LogP contribution in [0.25, 0.3) is 0 Å². The van der Waals surface area contributed by atoms with Crippen molar-refractivity contribution in [1.29, 1.82) is 0 Å². The van der Waals surface area contributed by atoms with E-state index in [1.54, 1.807) is 14.2 Å². The van der Waals surface area contributed by atoms with Gasteiger partial charge < -0.3 is 14.8 Å². The van der Waals surface area contributed by atoms with E-state index in [4.69, 9.17) is 9.47 Å². The van der Waals surface area contributed by atoms with Gasteiger partial charge in [0.2, 0.25) is 0 Å². The third-order valence-corrected chi connectivity index (χ3v) is 5.82. The fraction of sp³-hybridized carbons (Fsp3) is 0.458. The van der Waals surface area contributed by atoms with Crippen molar-refractivity contribution in [2.24, 2.45) is 5.92 Å². The monoisotopic (exact) mass is 396 g/mol. The summed E-state index contributed by atoms with van der Waals surface area (Å²) in [6.45, 7) is 8.38. The van der Waals surface area contributed by atoms with Crippen LogP contribution in [0, 0.1) is 5.92 Å².